The first-order valence-electron chi connectivity index (χ1n) is 11.7. The number of anilines is 1. The van der Waals surface area contributed by atoms with Crippen LogP contribution in [0.5, 0.6) is 0 Å². The monoisotopic (exact) mass is 575 g/mol. The van der Waals surface area contributed by atoms with Crippen molar-refractivity contribution in [2.24, 2.45) is 0 Å². The molecule has 39 heavy (non-hydrogen) atoms. The Hall–Kier alpha value is -3.45. The molecule has 2 heterocycles. The maximum atomic E-state index is 13.7. The molecule has 14 heteroatoms. The number of nitrogens with one attached hydrogen (secondary N) is 2. The Morgan fingerprint density at radius 1 is 1.00 bits per heavy atom. The van der Waals surface area contributed by atoms with Crippen LogP contribution >= 0.6 is 11.6 Å². The van der Waals surface area contributed by atoms with E-state index in [1.807, 2.05) is 4.90 Å². The molecule has 1 aliphatic rings. The predicted molar refractivity (Wildman–Crippen MR) is 130 cm³/mol. The molecule has 1 amide bonds. The van der Waals surface area contributed by atoms with E-state index in [0.717, 1.165) is 12.1 Å². The number of carbonyl (C=O) groups excluding carboxylic acids is 1. The van der Waals surface area contributed by atoms with E-state index in [9.17, 15) is 35.5 Å². The molecule has 3 aromatic rings. The molecule has 1 aliphatic heterocycles. The summed E-state index contributed by atoms with van der Waals surface area (Å²) in [5.74, 6) is -1.03. The number of hydrogen-bond acceptors (Lipinski definition) is 5. The number of aromatic nitrogens is 2. The van der Waals surface area contributed by atoms with Crippen LogP contribution < -0.4 is 15.5 Å². The van der Waals surface area contributed by atoms with Gasteiger partial charge in [-0.15, -0.1) is 0 Å². The Bertz CT molecular complexity index is 1330. The average molecular weight is 576 g/mol. The van der Waals surface area contributed by atoms with Crippen molar-refractivity contribution in [3.63, 3.8) is 0 Å². The smallest absolute Gasteiger partial charge is 0.352 e. The number of alkyl halides is 6. The normalized spacial score (nSPS) is 14.4. The van der Waals surface area contributed by atoms with Gasteiger partial charge in [0.15, 0.2) is 0 Å². The zero-order valence-corrected chi connectivity index (χ0v) is 20.8. The average Bonchev–Trinajstić information content (AvgIpc) is 2.88. The largest absolute Gasteiger partial charge is 0.416 e. The quantitative estimate of drug-likeness (QED) is 0.388. The van der Waals surface area contributed by atoms with Gasteiger partial charge in [-0.3, -0.25) is 4.79 Å². The van der Waals surface area contributed by atoms with Gasteiger partial charge in [0.2, 0.25) is 5.95 Å². The van der Waals surface area contributed by atoms with Gasteiger partial charge >= 0.3 is 12.4 Å². The zero-order valence-electron chi connectivity index (χ0n) is 20.1. The molecule has 0 aliphatic carbocycles. The molecule has 2 N–H and O–H groups in total. The lowest BCUT2D eigenvalue weighted by Gasteiger charge is -2.27. The van der Waals surface area contributed by atoms with E-state index in [2.05, 4.69) is 20.6 Å². The summed E-state index contributed by atoms with van der Waals surface area (Å²) >= 11 is 6.23. The third-order valence-corrected chi connectivity index (χ3v) is 6.27. The lowest BCUT2D eigenvalue weighted by atomic mass is 10.0. The van der Waals surface area contributed by atoms with E-state index < -0.39 is 35.2 Å². The lowest BCUT2D eigenvalue weighted by Crippen LogP contribution is -2.44. The van der Waals surface area contributed by atoms with E-state index in [-0.39, 0.29) is 46.4 Å². The molecule has 1 aromatic heterocycles. The second kappa shape index (κ2) is 11.3. The molecule has 6 nitrogen and oxygen atoms in total. The number of carbonyl (C=O) groups is 1. The molecule has 2 aromatic carbocycles. The minimum Gasteiger partial charge on any atom is -0.352 e. The van der Waals surface area contributed by atoms with Gasteiger partial charge in [0.25, 0.3) is 5.91 Å². The summed E-state index contributed by atoms with van der Waals surface area (Å²) in [5.41, 5.74) is -2.85. The molecule has 0 bridgehead atoms. The fourth-order valence-corrected chi connectivity index (χ4v) is 4.28. The second-order valence-electron chi connectivity index (χ2n) is 8.71. The van der Waals surface area contributed by atoms with Crippen molar-refractivity contribution in [2.45, 2.75) is 18.8 Å². The molecule has 0 unspecified atom stereocenters. The minimum atomic E-state index is -4.98. The van der Waals surface area contributed by atoms with E-state index in [0.29, 0.717) is 44.3 Å². The van der Waals surface area contributed by atoms with Crippen LogP contribution in [-0.4, -0.2) is 48.6 Å². The van der Waals surface area contributed by atoms with Gasteiger partial charge in [-0.1, -0.05) is 11.6 Å². The summed E-state index contributed by atoms with van der Waals surface area (Å²) < 4.78 is 92.5. The Morgan fingerprint density at radius 2 is 1.64 bits per heavy atom. The lowest BCUT2D eigenvalue weighted by molar-refractivity contribution is -0.143. The standard InChI is InChI=1S/C25H21ClF7N5O/c26-20-12-17(27)1-2-18(20)21-19(13-36-23(37-21)38-7-5-34-6-8-38)22(39)35-4-3-14-9-15(24(28,29)30)11-16(10-14)25(31,32)33/h1-2,9-13,34H,3-8H2,(H,35,39). The maximum absolute atomic E-state index is 13.7. The first kappa shape index (κ1) is 28.6. The highest BCUT2D eigenvalue weighted by molar-refractivity contribution is 6.33. The van der Waals surface area contributed by atoms with Crippen LogP contribution in [0.1, 0.15) is 27.0 Å². The molecular formula is C25H21ClF7N5O. The number of nitrogens with zero attached hydrogens (tertiary/aromatic N) is 3. The summed E-state index contributed by atoms with van der Waals surface area (Å²) in [5, 5.41) is 5.65. The van der Waals surface area contributed by atoms with E-state index in [1.54, 1.807) is 0 Å². The molecule has 208 valence electrons. The zero-order chi connectivity index (χ0) is 28.4. The summed E-state index contributed by atoms with van der Waals surface area (Å²) in [7, 11) is 0. The van der Waals surface area contributed by atoms with Gasteiger partial charge in [0.05, 0.1) is 27.4 Å². The number of halogens is 8. The summed E-state index contributed by atoms with van der Waals surface area (Å²) in [6.07, 6.45) is -9.02. The van der Waals surface area contributed by atoms with Gasteiger partial charge in [0.1, 0.15) is 5.82 Å². The molecule has 1 saturated heterocycles. The fourth-order valence-electron chi connectivity index (χ4n) is 4.02. The molecule has 0 atom stereocenters. The van der Waals surface area contributed by atoms with Gasteiger partial charge in [-0.2, -0.15) is 26.3 Å². The molecule has 4 rings (SSSR count). The van der Waals surface area contributed by atoms with Gasteiger partial charge in [0, 0.05) is 44.5 Å². The van der Waals surface area contributed by atoms with E-state index in [1.165, 1.54) is 12.3 Å². The van der Waals surface area contributed by atoms with Gasteiger partial charge < -0.3 is 15.5 Å². The number of rotatable bonds is 6. The summed E-state index contributed by atoms with van der Waals surface area (Å²) in [6.45, 7) is 2.28. The maximum Gasteiger partial charge on any atom is 0.416 e. The van der Waals surface area contributed by atoms with Crippen LogP contribution in [0.3, 0.4) is 0 Å². The third kappa shape index (κ3) is 6.95. The van der Waals surface area contributed by atoms with Crippen LogP contribution in [0.15, 0.2) is 42.6 Å². The first-order chi connectivity index (χ1) is 18.3. The van der Waals surface area contributed by atoms with Crippen molar-refractivity contribution >= 4 is 23.5 Å². The van der Waals surface area contributed by atoms with Gasteiger partial charge in [-0.25, -0.2) is 14.4 Å². The molecule has 1 fully saturated rings. The number of benzene rings is 2. The highest BCUT2D eigenvalue weighted by atomic mass is 35.5. The van der Waals surface area contributed by atoms with Crippen molar-refractivity contribution in [2.75, 3.05) is 37.6 Å². The SMILES string of the molecule is O=C(NCCc1cc(C(F)(F)F)cc(C(F)(F)F)c1)c1cnc(N2CCNCC2)nc1-c1ccc(F)cc1Cl. The summed E-state index contributed by atoms with van der Waals surface area (Å²) in [6, 6.07) is 4.79. The second-order valence-corrected chi connectivity index (χ2v) is 9.12. The molecule has 0 radical (unpaired) electrons. The molecule has 0 spiro atoms. The van der Waals surface area contributed by atoms with Crippen molar-refractivity contribution in [1.29, 1.82) is 0 Å². The van der Waals surface area contributed by atoms with Crippen molar-refractivity contribution < 1.29 is 35.5 Å². The predicted octanol–water partition coefficient (Wildman–Crippen LogP) is 5.36. The van der Waals surface area contributed by atoms with Crippen molar-refractivity contribution in [1.82, 2.24) is 20.6 Å². The highest BCUT2D eigenvalue weighted by Gasteiger charge is 2.36. The van der Waals surface area contributed by atoms with Crippen LogP contribution in [0.4, 0.5) is 36.7 Å². The number of piperazine rings is 1. The molecular weight excluding hydrogens is 555 g/mol. The Morgan fingerprint density at radius 3 is 2.23 bits per heavy atom. The Kier molecular flexibility index (Phi) is 8.31. The van der Waals surface area contributed by atoms with Gasteiger partial charge in [-0.05, 0) is 48.4 Å². The van der Waals surface area contributed by atoms with Crippen LogP contribution in [0.25, 0.3) is 11.3 Å². The first-order valence-corrected chi connectivity index (χ1v) is 12.1. The highest BCUT2D eigenvalue weighted by Crippen LogP contribution is 2.36. The Labute approximate surface area is 223 Å². The topological polar surface area (TPSA) is 70.2 Å². The van der Waals surface area contributed by atoms with E-state index >= 15 is 0 Å². The number of hydrogen-bond donors (Lipinski definition) is 2. The fraction of sp³-hybridized carbons (Fsp3) is 0.320. The van der Waals surface area contributed by atoms with Crippen LogP contribution in [-0.2, 0) is 18.8 Å². The number of amides is 1. The van der Waals surface area contributed by atoms with E-state index in [4.69, 9.17) is 11.6 Å². The molecule has 0 saturated carbocycles. The Balaban J connectivity index is 1.59. The van der Waals surface area contributed by atoms with Crippen molar-refractivity contribution in [3.8, 4) is 11.3 Å². The van der Waals surface area contributed by atoms with Crippen LogP contribution in [0.2, 0.25) is 5.02 Å². The summed E-state index contributed by atoms with van der Waals surface area (Å²) in [4.78, 5) is 23.7. The third-order valence-electron chi connectivity index (χ3n) is 5.95. The van der Waals surface area contributed by atoms with Crippen LogP contribution in [0, 0.1) is 5.82 Å². The minimum absolute atomic E-state index is 0.0161. The van der Waals surface area contributed by atoms with Crippen molar-refractivity contribution in [3.05, 3.63) is 75.7 Å².